The second-order valence-corrected chi connectivity index (χ2v) is 7.45. The summed E-state index contributed by atoms with van der Waals surface area (Å²) in [6.45, 7) is 3.33. The van der Waals surface area contributed by atoms with Crippen LogP contribution in [0.25, 0.3) is 0 Å². The molecule has 2 saturated heterocycles. The standard InChI is InChI=1S/C17H25N3O3.2ClH/c1-20(10-13-8-15(23-19-13)12-2-3-12)11-14-9-17(16(21)22-14)4-6-18-7-5-17;;/h8,12,14,18H,2-7,9-11H2,1H3;2*1H. The molecule has 1 saturated carbocycles. The molecule has 0 bridgehead atoms. The Balaban J connectivity index is 0.00000113. The molecule has 3 fully saturated rings. The number of piperidine rings is 1. The predicted molar refractivity (Wildman–Crippen MR) is 98.3 cm³/mol. The fraction of sp³-hybridized carbons (Fsp3) is 0.765. The van der Waals surface area contributed by atoms with Gasteiger partial charge in [0.05, 0.1) is 11.1 Å². The lowest BCUT2D eigenvalue weighted by atomic mass is 9.76. The van der Waals surface area contributed by atoms with E-state index in [4.69, 9.17) is 9.26 Å². The molecule has 1 unspecified atom stereocenters. The van der Waals surface area contributed by atoms with Crippen molar-refractivity contribution < 1.29 is 14.1 Å². The summed E-state index contributed by atoms with van der Waals surface area (Å²) < 4.78 is 11.1. The SMILES string of the molecule is CN(Cc1cc(C2CC2)on1)CC1CC2(CCNCC2)C(=O)O1.Cl.Cl. The Morgan fingerprint density at radius 2 is 2.04 bits per heavy atom. The molecule has 3 aliphatic rings. The first-order chi connectivity index (χ1) is 11.1. The van der Waals surface area contributed by atoms with Crippen molar-refractivity contribution in [3.63, 3.8) is 0 Å². The number of esters is 1. The molecule has 1 aliphatic carbocycles. The van der Waals surface area contributed by atoms with E-state index in [-0.39, 0.29) is 42.3 Å². The average molecular weight is 392 g/mol. The van der Waals surface area contributed by atoms with Crippen molar-refractivity contribution >= 4 is 30.8 Å². The van der Waals surface area contributed by atoms with Gasteiger partial charge >= 0.3 is 5.97 Å². The van der Waals surface area contributed by atoms with Crippen LogP contribution in [-0.4, -0.2) is 48.8 Å². The lowest BCUT2D eigenvalue weighted by Gasteiger charge is -2.29. The summed E-state index contributed by atoms with van der Waals surface area (Å²) in [6, 6.07) is 2.07. The van der Waals surface area contributed by atoms with Gasteiger partial charge in [-0.25, -0.2) is 0 Å². The molecule has 8 heteroatoms. The fourth-order valence-electron chi connectivity index (χ4n) is 3.90. The number of nitrogens with one attached hydrogen (secondary N) is 1. The molecule has 1 spiro atoms. The van der Waals surface area contributed by atoms with Gasteiger partial charge in [-0.3, -0.25) is 9.69 Å². The monoisotopic (exact) mass is 391 g/mol. The Bertz CT molecular complexity index is 585. The number of cyclic esters (lactones) is 1. The maximum absolute atomic E-state index is 12.3. The quantitative estimate of drug-likeness (QED) is 0.777. The Hall–Kier alpha value is -0.820. The first-order valence-corrected chi connectivity index (χ1v) is 8.70. The minimum atomic E-state index is -0.232. The van der Waals surface area contributed by atoms with E-state index in [0.717, 1.165) is 56.9 Å². The molecule has 0 aromatic carbocycles. The van der Waals surface area contributed by atoms with Crippen LogP contribution in [0.15, 0.2) is 10.6 Å². The van der Waals surface area contributed by atoms with E-state index in [1.165, 1.54) is 12.8 Å². The van der Waals surface area contributed by atoms with Gasteiger partial charge in [0.2, 0.25) is 0 Å². The van der Waals surface area contributed by atoms with E-state index in [1.54, 1.807) is 0 Å². The third-order valence-electron chi connectivity index (χ3n) is 5.39. The van der Waals surface area contributed by atoms with Crippen molar-refractivity contribution in [1.82, 2.24) is 15.4 Å². The van der Waals surface area contributed by atoms with Crippen molar-refractivity contribution in [1.29, 1.82) is 0 Å². The molecule has 3 heterocycles. The summed E-state index contributed by atoms with van der Waals surface area (Å²) in [7, 11) is 2.05. The summed E-state index contributed by atoms with van der Waals surface area (Å²) in [5, 5.41) is 7.48. The van der Waals surface area contributed by atoms with E-state index < -0.39 is 0 Å². The molecule has 6 nitrogen and oxygen atoms in total. The largest absolute Gasteiger partial charge is 0.461 e. The topological polar surface area (TPSA) is 67.6 Å². The molecule has 2 aliphatic heterocycles. The van der Waals surface area contributed by atoms with Crippen molar-refractivity contribution in [2.75, 3.05) is 26.7 Å². The van der Waals surface area contributed by atoms with Crippen LogP contribution in [0, 0.1) is 5.41 Å². The molecular weight excluding hydrogens is 365 g/mol. The maximum Gasteiger partial charge on any atom is 0.312 e. The average Bonchev–Trinajstić information content (AvgIpc) is 3.21. The highest BCUT2D eigenvalue weighted by molar-refractivity contribution is 5.85. The van der Waals surface area contributed by atoms with Crippen molar-refractivity contribution in [3.8, 4) is 0 Å². The second kappa shape index (κ2) is 8.25. The normalized spacial score (nSPS) is 24.7. The number of nitrogens with zero attached hydrogens (tertiary/aromatic N) is 2. The summed E-state index contributed by atoms with van der Waals surface area (Å²) in [5.74, 6) is 1.63. The van der Waals surface area contributed by atoms with Gasteiger partial charge in [-0.2, -0.15) is 0 Å². The highest BCUT2D eigenvalue weighted by atomic mass is 35.5. The summed E-state index contributed by atoms with van der Waals surface area (Å²) >= 11 is 0. The van der Waals surface area contributed by atoms with Gasteiger partial charge in [0.25, 0.3) is 0 Å². The number of hydrogen-bond acceptors (Lipinski definition) is 6. The third-order valence-corrected chi connectivity index (χ3v) is 5.39. The number of carbonyl (C=O) groups excluding carboxylic acids is 1. The van der Waals surface area contributed by atoms with Gasteiger partial charge in [0, 0.05) is 31.5 Å². The zero-order chi connectivity index (χ0) is 15.9. The van der Waals surface area contributed by atoms with Crippen molar-refractivity contribution in [2.24, 2.45) is 5.41 Å². The Labute approximate surface area is 160 Å². The van der Waals surface area contributed by atoms with Crippen LogP contribution in [0.3, 0.4) is 0 Å². The lowest BCUT2D eigenvalue weighted by molar-refractivity contribution is -0.150. The van der Waals surface area contributed by atoms with Crippen molar-refractivity contribution in [3.05, 3.63) is 17.5 Å². The summed E-state index contributed by atoms with van der Waals surface area (Å²) in [5.41, 5.74) is 0.736. The number of ether oxygens (including phenoxy) is 1. The van der Waals surface area contributed by atoms with Crippen LogP contribution < -0.4 is 5.32 Å². The molecule has 142 valence electrons. The predicted octanol–water partition coefficient (Wildman–Crippen LogP) is 2.51. The molecule has 25 heavy (non-hydrogen) atoms. The summed E-state index contributed by atoms with van der Waals surface area (Å²) in [4.78, 5) is 14.5. The van der Waals surface area contributed by atoms with Crippen LogP contribution in [0.5, 0.6) is 0 Å². The number of hydrogen-bond donors (Lipinski definition) is 1. The number of halogens is 2. The molecule has 1 aromatic rings. The molecule has 1 N–H and O–H groups in total. The highest BCUT2D eigenvalue weighted by Crippen LogP contribution is 2.42. The first-order valence-electron chi connectivity index (χ1n) is 8.70. The lowest BCUT2D eigenvalue weighted by Crippen LogP contribution is -2.39. The van der Waals surface area contributed by atoms with Gasteiger partial charge in [-0.1, -0.05) is 5.16 Å². The molecular formula is C17H27Cl2N3O3. The van der Waals surface area contributed by atoms with Gasteiger partial charge < -0.3 is 14.6 Å². The molecule has 1 aromatic heterocycles. The smallest absolute Gasteiger partial charge is 0.312 e. The van der Waals surface area contributed by atoms with E-state index >= 15 is 0 Å². The Kier molecular flexibility index (Phi) is 6.76. The van der Waals surface area contributed by atoms with Crippen LogP contribution in [0.1, 0.15) is 49.5 Å². The van der Waals surface area contributed by atoms with Crippen molar-refractivity contribution in [2.45, 2.75) is 50.7 Å². The van der Waals surface area contributed by atoms with E-state index in [0.29, 0.717) is 5.92 Å². The minimum Gasteiger partial charge on any atom is -0.461 e. The number of carbonyl (C=O) groups is 1. The molecule has 0 radical (unpaired) electrons. The van der Waals surface area contributed by atoms with Crippen LogP contribution >= 0.6 is 24.8 Å². The minimum absolute atomic E-state index is 0. The second-order valence-electron chi connectivity index (χ2n) is 7.45. The molecule has 0 amide bonds. The van der Waals surface area contributed by atoms with E-state index in [9.17, 15) is 4.79 Å². The van der Waals surface area contributed by atoms with Crippen LogP contribution in [0.2, 0.25) is 0 Å². The molecule has 1 atom stereocenters. The van der Waals surface area contributed by atoms with Gasteiger partial charge in [0.15, 0.2) is 0 Å². The van der Waals surface area contributed by atoms with Crippen LogP contribution in [0.4, 0.5) is 0 Å². The number of likely N-dealkylation sites (N-methyl/N-ethyl adjacent to an activating group) is 1. The fourth-order valence-corrected chi connectivity index (χ4v) is 3.90. The Morgan fingerprint density at radius 1 is 1.32 bits per heavy atom. The first kappa shape index (κ1) is 20.5. The zero-order valence-corrected chi connectivity index (χ0v) is 16.2. The molecule has 4 rings (SSSR count). The van der Waals surface area contributed by atoms with Gasteiger partial charge in [0.1, 0.15) is 11.9 Å². The number of rotatable bonds is 5. The van der Waals surface area contributed by atoms with Crippen LogP contribution in [-0.2, 0) is 16.1 Å². The van der Waals surface area contributed by atoms with E-state index in [2.05, 4.69) is 21.4 Å². The highest BCUT2D eigenvalue weighted by Gasteiger charge is 2.49. The van der Waals surface area contributed by atoms with E-state index in [1.807, 2.05) is 7.05 Å². The van der Waals surface area contributed by atoms with Gasteiger partial charge in [-0.15, -0.1) is 24.8 Å². The Morgan fingerprint density at radius 3 is 2.72 bits per heavy atom. The summed E-state index contributed by atoms with van der Waals surface area (Å²) in [6.07, 6.45) is 5.10. The third kappa shape index (κ3) is 4.48. The zero-order valence-electron chi connectivity index (χ0n) is 14.5. The maximum atomic E-state index is 12.3. The van der Waals surface area contributed by atoms with Gasteiger partial charge in [-0.05, 0) is 45.8 Å². The number of aromatic nitrogens is 1.